The predicted molar refractivity (Wildman–Crippen MR) is 87.1 cm³/mol. The van der Waals surface area contributed by atoms with Gasteiger partial charge in [0.2, 0.25) is 11.8 Å². The topological polar surface area (TPSA) is 58.4 Å². The molecule has 0 radical (unpaired) electrons. The summed E-state index contributed by atoms with van der Waals surface area (Å²) in [4.78, 5) is 18.8. The lowest BCUT2D eigenvalue weighted by Crippen LogP contribution is -2.33. The molecule has 23 heavy (non-hydrogen) atoms. The van der Waals surface area contributed by atoms with Crippen molar-refractivity contribution in [1.29, 1.82) is 0 Å². The van der Waals surface area contributed by atoms with Gasteiger partial charge in [-0.15, -0.1) is 0 Å². The van der Waals surface area contributed by atoms with Crippen LogP contribution in [-0.2, 0) is 11.2 Å². The molecule has 0 spiro atoms. The van der Waals surface area contributed by atoms with Gasteiger partial charge in [0.25, 0.3) is 0 Å². The molecule has 0 saturated carbocycles. The first-order valence-electron chi connectivity index (χ1n) is 7.88. The molecule has 3 heterocycles. The molecule has 2 saturated heterocycles. The number of nitrogens with one attached hydrogen (secondary N) is 1. The van der Waals surface area contributed by atoms with Gasteiger partial charge in [-0.1, -0.05) is 11.6 Å². The molecular weight excluding hydrogens is 314 g/mol. The van der Waals surface area contributed by atoms with Gasteiger partial charge >= 0.3 is 0 Å². The molecule has 1 N–H and O–H groups in total. The first-order chi connectivity index (χ1) is 11.2. The summed E-state index contributed by atoms with van der Waals surface area (Å²) < 4.78 is 5.49. The van der Waals surface area contributed by atoms with E-state index in [0.717, 1.165) is 31.7 Å². The second-order valence-corrected chi connectivity index (χ2v) is 6.74. The van der Waals surface area contributed by atoms with E-state index in [9.17, 15) is 4.79 Å². The van der Waals surface area contributed by atoms with Crippen LogP contribution in [0.3, 0.4) is 0 Å². The van der Waals surface area contributed by atoms with Crippen molar-refractivity contribution in [2.45, 2.75) is 6.42 Å². The number of carbonyl (C=O) groups excluding carboxylic acids is 1. The summed E-state index contributed by atoms with van der Waals surface area (Å²) in [5.74, 6) is 1.88. The van der Waals surface area contributed by atoms with Crippen molar-refractivity contribution in [3.63, 3.8) is 0 Å². The maximum Gasteiger partial charge on any atom is 0.228 e. The molecule has 6 heteroatoms. The van der Waals surface area contributed by atoms with E-state index in [1.54, 1.807) is 18.4 Å². The number of rotatable bonds is 3. The molecule has 2 aromatic rings. The van der Waals surface area contributed by atoms with Crippen molar-refractivity contribution >= 4 is 17.5 Å². The molecular formula is C17H18ClN3O2. The third kappa shape index (κ3) is 2.99. The molecule has 1 aromatic carbocycles. The number of aromatic nitrogens is 1. The molecule has 1 aromatic heterocycles. The number of halogens is 1. The Bertz CT molecular complexity index is 701. The maximum absolute atomic E-state index is 12.4. The fraction of sp³-hybridized carbons (Fsp3) is 0.412. The summed E-state index contributed by atoms with van der Waals surface area (Å²) in [6.45, 7) is 3.77. The summed E-state index contributed by atoms with van der Waals surface area (Å²) in [7, 11) is 0. The molecule has 2 fully saturated rings. The third-order valence-electron chi connectivity index (χ3n) is 4.72. The Labute approximate surface area is 139 Å². The Morgan fingerprint density at radius 2 is 1.96 bits per heavy atom. The Balaban J connectivity index is 1.41. The normalized spacial score (nSPS) is 23.3. The molecule has 4 rings (SSSR count). The van der Waals surface area contributed by atoms with E-state index in [1.165, 1.54) is 0 Å². The summed E-state index contributed by atoms with van der Waals surface area (Å²) >= 11 is 5.88. The van der Waals surface area contributed by atoms with E-state index in [4.69, 9.17) is 16.0 Å². The average molecular weight is 332 g/mol. The van der Waals surface area contributed by atoms with Crippen molar-refractivity contribution in [2.75, 3.05) is 26.2 Å². The van der Waals surface area contributed by atoms with E-state index in [1.807, 2.05) is 17.0 Å². The highest BCUT2D eigenvalue weighted by molar-refractivity contribution is 6.30. The fourth-order valence-electron chi connectivity index (χ4n) is 3.44. The van der Waals surface area contributed by atoms with Gasteiger partial charge in [-0.05, 0) is 36.1 Å². The van der Waals surface area contributed by atoms with E-state index >= 15 is 0 Å². The minimum Gasteiger partial charge on any atom is -0.444 e. The lowest BCUT2D eigenvalue weighted by Gasteiger charge is -2.16. The molecule has 2 aliphatic rings. The zero-order chi connectivity index (χ0) is 15.8. The highest BCUT2D eigenvalue weighted by atomic mass is 35.5. The number of fused-ring (bicyclic) bond motifs is 1. The van der Waals surface area contributed by atoms with Crippen LogP contribution in [0.15, 0.2) is 34.9 Å². The average Bonchev–Trinajstić information content (AvgIpc) is 3.22. The Morgan fingerprint density at radius 1 is 1.26 bits per heavy atom. The number of amides is 1. The molecule has 0 bridgehead atoms. The standard InChI is InChI=1S/C17H18ClN3O2/c18-14-3-1-11(2-4-14)17-20-15(10-23-17)5-16(22)21-8-12-6-19-7-13(12)9-21/h1-4,10,12-13,19H,5-9H2/t12-,13+. The highest BCUT2D eigenvalue weighted by Crippen LogP contribution is 2.27. The first kappa shape index (κ1) is 14.7. The van der Waals surface area contributed by atoms with Crippen LogP contribution in [0.2, 0.25) is 5.02 Å². The molecule has 2 aliphatic heterocycles. The second-order valence-electron chi connectivity index (χ2n) is 6.30. The van der Waals surface area contributed by atoms with E-state index in [2.05, 4.69) is 10.3 Å². The summed E-state index contributed by atoms with van der Waals surface area (Å²) in [5, 5.41) is 4.06. The van der Waals surface area contributed by atoms with E-state index in [-0.39, 0.29) is 5.91 Å². The zero-order valence-electron chi connectivity index (χ0n) is 12.7. The van der Waals surface area contributed by atoms with Crippen molar-refractivity contribution in [3.8, 4) is 11.5 Å². The molecule has 5 nitrogen and oxygen atoms in total. The van der Waals surface area contributed by atoms with Crippen molar-refractivity contribution < 1.29 is 9.21 Å². The number of hydrogen-bond donors (Lipinski definition) is 1. The van der Waals surface area contributed by atoms with Crippen molar-refractivity contribution in [3.05, 3.63) is 41.2 Å². The number of oxazole rings is 1. The maximum atomic E-state index is 12.4. The van der Waals surface area contributed by atoms with Gasteiger partial charge in [0.1, 0.15) is 6.26 Å². The molecule has 120 valence electrons. The summed E-state index contributed by atoms with van der Waals surface area (Å²) in [6, 6.07) is 7.30. The van der Waals surface area contributed by atoms with Crippen LogP contribution in [0.1, 0.15) is 5.69 Å². The summed E-state index contributed by atoms with van der Waals surface area (Å²) in [5.41, 5.74) is 1.53. The number of benzene rings is 1. The Kier molecular flexibility index (Phi) is 3.83. The number of carbonyl (C=O) groups is 1. The number of likely N-dealkylation sites (tertiary alicyclic amines) is 1. The van der Waals surface area contributed by atoms with Crippen LogP contribution in [0, 0.1) is 11.8 Å². The third-order valence-corrected chi connectivity index (χ3v) is 4.97. The SMILES string of the molecule is O=C(Cc1coc(-c2ccc(Cl)cc2)n1)N1C[C@H]2CNC[C@H]2C1. The largest absolute Gasteiger partial charge is 0.444 e. The van der Waals surface area contributed by atoms with Gasteiger partial charge in [-0.25, -0.2) is 4.98 Å². The number of hydrogen-bond acceptors (Lipinski definition) is 4. The molecule has 0 unspecified atom stereocenters. The first-order valence-corrected chi connectivity index (χ1v) is 8.25. The molecule has 0 aliphatic carbocycles. The van der Waals surface area contributed by atoms with Crippen LogP contribution in [0.5, 0.6) is 0 Å². The summed E-state index contributed by atoms with van der Waals surface area (Å²) in [6.07, 6.45) is 1.87. The van der Waals surface area contributed by atoms with Gasteiger partial charge in [0, 0.05) is 36.8 Å². The van der Waals surface area contributed by atoms with Gasteiger partial charge in [-0.3, -0.25) is 4.79 Å². The van der Waals surface area contributed by atoms with Gasteiger partial charge in [-0.2, -0.15) is 0 Å². The zero-order valence-corrected chi connectivity index (χ0v) is 13.4. The Hall–Kier alpha value is -1.85. The Morgan fingerprint density at radius 3 is 2.65 bits per heavy atom. The highest BCUT2D eigenvalue weighted by Gasteiger charge is 2.37. The smallest absolute Gasteiger partial charge is 0.228 e. The quantitative estimate of drug-likeness (QED) is 0.937. The van der Waals surface area contributed by atoms with E-state index in [0.29, 0.717) is 34.9 Å². The van der Waals surface area contributed by atoms with Crippen molar-refractivity contribution in [2.24, 2.45) is 11.8 Å². The molecule has 2 atom stereocenters. The van der Waals surface area contributed by atoms with Crippen LogP contribution in [0.4, 0.5) is 0 Å². The van der Waals surface area contributed by atoms with Crippen LogP contribution >= 0.6 is 11.6 Å². The van der Waals surface area contributed by atoms with Gasteiger partial charge in [0.05, 0.1) is 12.1 Å². The number of nitrogens with zero attached hydrogens (tertiary/aromatic N) is 2. The monoisotopic (exact) mass is 331 g/mol. The minimum atomic E-state index is 0.135. The van der Waals surface area contributed by atoms with Crippen molar-refractivity contribution in [1.82, 2.24) is 15.2 Å². The van der Waals surface area contributed by atoms with Gasteiger partial charge < -0.3 is 14.6 Å². The second kappa shape index (κ2) is 5.98. The van der Waals surface area contributed by atoms with Crippen LogP contribution < -0.4 is 5.32 Å². The molecule has 1 amide bonds. The predicted octanol–water partition coefficient (Wildman–Crippen LogP) is 2.22. The van der Waals surface area contributed by atoms with Crippen LogP contribution in [-0.4, -0.2) is 42.0 Å². The van der Waals surface area contributed by atoms with E-state index < -0.39 is 0 Å². The van der Waals surface area contributed by atoms with Crippen LogP contribution in [0.25, 0.3) is 11.5 Å². The lowest BCUT2D eigenvalue weighted by atomic mass is 10.0. The minimum absolute atomic E-state index is 0.135. The fourth-order valence-corrected chi connectivity index (χ4v) is 3.56. The van der Waals surface area contributed by atoms with Gasteiger partial charge in [0.15, 0.2) is 0 Å². The lowest BCUT2D eigenvalue weighted by molar-refractivity contribution is -0.129.